The molecule has 7 nitrogen and oxygen atoms in total. The highest BCUT2D eigenvalue weighted by atomic mass is 32.2. The fourth-order valence-corrected chi connectivity index (χ4v) is 5.03. The van der Waals surface area contributed by atoms with Crippen LogP contribution in [0.3, 0.4) is 0 Å². The van der Waals surface area contributed by atoms with Crippen molar-refractivity contribution < 1.29 is 45.8 Å². The van der Waals surface area contributed by atoms with Gasteiger partial charge in [-0.3, -0.25) is 9.69 Å². The molecule has 1 aliphatic rings. The summed E-state index contributed by atoms with van der Waals surface area (Å²) in [4.78, 5) is 37.9. The molecule has 2 amide bonds. The van der Waals surface area contributed by atoms with E-state index in [9.17, 15) is 36.3 Å². The van der Waals surface area contributed by atoms with E-state index in [4.69, 9.17) is 4.74 Å². The summed E-state index contributed by atoms with van der Waals surface area (Å²) in [6, 6.07) is 13.4. The van der Waals surface area contributed by atoms with Crippen LogP contribution in [-0.4, -0.2) is 48.3 Å². The van der Waals surface area contributed by atoms with Gasteiger partial charge in [-0.2, -0.15) is 8.78 Å². The Labute approximate surface area is 229 Å². The Kier molecular flexibility index (Phi) is 8.62. The lowest BCUT2D eigenvalue weighted by molar-refractivity contribution is -0.139. The van der Waals surface area contributed by atoms with Gasteiger partial charge in [0.25, 0.3) is 0 Å². The average Bonchev–Trinajstić information content (AvgIpc) is 3.27. The highest BCUT2D eigenvalue weighted by molar-refractivity contribution is 7.98. The lowest BCUT2D eigenvalue weighted by Crippen LogP contribution is -2.47. The van der Waals surface area contributed by atoms with Gasteiger partial charge in [0.2, 0.25) is 40.7 Å². The van der Waals surface area contributed by atoms with Gasteiger partial charge in [0.1, 0.15) is 12.6 Å². The Morgan fingerprint density at radius 2 is 1.38 bits per heavy atom. The number of nitrogens with one attached hydrogen (secondary N) is 1. The van der Waals surface area contributed by atoms with Crippen molar-refractivity contribution in [1.29, 1.82) is 0 Å². The normalized spacial score (nSPS) is 12.8. The van der Waals surface area contributed by atoms with Crippen molar-refractivity contribution in [1.82, 2.24) is 9.62 Å². The molecule has 1 aliphatic carbocycles. The molecule has 0 aliphatic heterocycles. The first-order valence-electron chi connectivity index (χ1n) is 11.7. The minimum atomic E-state index is -2.43. The smallest absolute Gasteiger partial charge is 0.410 e. The van der Waals surface area contributed by atoms with Crippen molar-refractivity contribution in [2.24, 2.45) is 0 Å². The van der Waals surface area contributed by atoms with Crippen LogP contribution in [0.1, 0.15) is 24.0 Å². The number of hydrogen-bond donors (Lipinski definition) is 1. The van der Waals surface area contributed by atoms with Crippen molar-refractivity contribution in [2.45, 2.75) is 18.9 Å². The summed E-state index contributed by atoms with van der Waals surface area (Å²) in [6.45, 7) is 1.04. The third kappa shape index (κ3) is 5.60. The van der Waals surface area contributed by atoms with Crippen LogP contribution in [0.5, 0.6) is 5.75 Å². The zero-order valence-corrected chi connectivity index (χ0v) is 21.8. The van der Waals surface area contributed by atoms with Crippen LogP contribution < -0.4 is 9.46 Å². The molecule has 210 valence electrons. The Morgan fingerprint density at radius 1 is 0.875 bits per heavy atom. The molecule has 1 N–H and O–H groups in total. The standard InChI is InChI=1S/C27H21F5N2O5S/c1-13(35)33-40-12-19(26(36)39-25-23(31)21(29)20(28)22(30)24(25)32)34(2)27(37)38-11-18-16-9-5-3-7-14(16)15-8-4-6-10-17(15)18/h3-10,18-19H,11-12H2,1-2H3,(H,33,35)/t19-/m0/s1. The van der Waals surface area contributed by atoms with Gasteiger partial charge in [-0.15, -0.1) is 0 Å². The second-order valence-electron chi connectivity index (χ2n) is 8.72. The molecular formula is C27H21F5N2O5S. The summed E-state index contributed by atoms with van der Waals surface area (Å²) in [6.07, 6.45) is -1.04. The zero-order chi connectivity index (χ0) is 29.1. The van der Waals surface area contributed by atoms with E-state index in [1.165, 1.54) is 6.92 Å². The van der Waals surface area contributed by atoms with Crippen LogP contribution in [0, 0.1) is 29.1 Å². The van der Waals surface area contributed by atoms with Gasteiger partial charge in [-0.25, -0.2) is 22.8 Å². The van der Waals surface area contributed by atoms with Gasteiger partial charge in [0.05, 0.1) is 0 Å². The van der Waals surface area contributed by atoms with E-state index in [-0.39, 0.29) is 12.5 Å². The summed E-state index contributed by atoms with van der Waals surface area (Å²) < 4.78 is 81.2. The van der Waals surface area contributed by atoms with E-state index in [2.05, 4.69) is 9.46 Å². The largest absolute Gasteiger partial charge is 0.448 e. The number of carbonyl (C=O) groups excluding carboxylic acids is 3. The second-order valence-corrected chi connectivity index (χ2v) is 9.55. The number of ether oxygens (including phenoxy) is 2. The molecule has 0 bridgehead atoms. The molecule has 0 aromatic heterocycles. The molecule has 0 saturated heterocycles. The molecule has 4 rings (SSSR count). The summed E-state index contributed by atoms with van der Waals surface area (Å²) in [7, 11) is 1.12. The van der Waals surface area contributed by atoms with Crippen LogP contribution in [0.2, 0.25) is 0 Å². The van der Waals surface area contributed by atoms with Crippen molar-refractivity contribution in [3.8, 4) is 16.9 Å². The van der Waals surface area contributed by atoms with E-state index in [0.29, 0.717) is 11.9 Å². The van der Waals surface area contributed by atoms with Gasteiger partial charge < -0.3 is 14.2 Å². The highest BCUT2D eigenvalue weighted by Gasteiger charge is 2.35. The topological polar surface area (TPSA) is 84.9 Å². The average molecular weight is 581 g/mol. The molecule has 0 spiro atoms. The third-order valence-electron chi connectivity index (χ3n) is 6.19. The van der Waals surface area contributed by atoms with E-state index >= 15 is 0 Å². The Bertz CT molecular complexity index is 1410. The number of rotatable bonds is 8. The molecular weight excluding hydrogens is 559 g/mol. The number of benzene rings is 3. The fourth-order valence-electron chi connectivity index (χ4n) is 4.23. The first-order chi connectivity index (χ1) is 19.0. The third-order valence-corrected chi connectivity index (χ3v) is 7.11. The van der Waals surface area contributed by atoms with Gasteiger partial charge in [-0.1, -0.05) is 48.5 Å². The maximum absolute atomic E-state index is 14.1. The number of likely N-dealkylation sites (N-methyl/N-ethyl adjacent to an activating group) is 1. The molecule has 0 heterocycles. The Balaban J connectivity index is 1.53. The number of hydrogen-bond acceptors (Lipinski definition) is 6. The minimum absolute atomic E-state index is 0.130. The van der Waals surface area contributed by atoms with E-state index in [0.717, 1.165) is 34.2 Å². The Hall–Kier alpha value is -4.13. The number of nitrogens with zero attached hydrogens (tertiary/aromatic N) is 1. The van der Waals surface area contributed by atoms with Gasteiger partial charge in [0, 0.05) is 25.6 Å². The molecule has 0 fully saturated rings. The number of amides is 2. The van der Waals surface area contributed by atoms with Crippen molar-refractivity contribution in [3.63, 3.8) is 0 Å². The number of esters is 1. The van der Waals surface area contributed by atoms with Crippen LogP contribution in [0.15, 0.2) is 48.5 Å². The SMILES string of the molecule is CC(=O)NSC[C@@H](C(=O)Oc1c(F)c(F)c(F)c(F)c1F)N(C)C(=O)OCC1c2ccccc2-c2ccccc21. The van der Waals surface area contributed by atoms with Crippen molar-refractivity contribution in [3.05, 3.63) is 88.7 Å². The molecule has 0 saturated carbocycles. The molecule has 40 heavy (non-hydrogen) atoms. The monoisotopic (exact) mass is 580 g/mol. The number of carbonyl (C=O) groups is 3. The van der Waals surface area contributed by atoms with Gasteiger partial charge in [0.15, 0.2) is 0 Å². The Morgan fingerprint density at radius 3 is 1.90 bits per heavy atom. The lowest BCUT2D eigenvalue weighted by atomic mass is 9.98. The van der Waals surface area contributed by atoms with E-state index in [1.54, 1.807) is 0 Å². The van der Waals surface area contributed by atoms with E-state index in [1.807, 2.05) is 48.5 Å². The van der Waals surface area contributed by atoms with Crippen LogP contribution >= 0.6 is 11.9 Å². The van der Waals surface area contributed by atoms with Crippen molar-refractivity contribution in [2.75, 3.05) is 19.4 Å². The quantitative estimate of drug-likeness (QED) is 0.0970. The highest BCUT2D eigenvalue weighted by Crippen LogP contribution is 2.44. The maximum atomic E-state index is 14.1. The molecule has 3 aromatic carbocycles. The molecule has 0 unspecified atom stereocenters. The first-order valence-corrected chi connectivity index (χ1v) is 12.7. The fraction of sp³-hybridized carbons (Fsp3) is 0.222. The predicted molar refractivity (Wildman–Crippen MR) is 135 cm³/mol. The summed E-state index contributed by atoms with van der Waals surface area (Å²) in [5.74, 6) is -16.4. The summed E-state index contributed by atoms with van der Waals surface area (Å²) in [5.41, 5.74) is 3.79. The molecule has 1 atom stereocenters. The van der Waals surface area contributed by atoms with Crippen LogP contribution in [-0.2, 0) is 14.3 Å². The van der Waals surface area contributed by atoms with Crippen molar-refractivity contribution >= 4 is 29.9 Å². The maximum Gasteiger partial charge on any atom is 0.410 e. The molecule has 13 heteroatoms. The van der Waals surface area contributed by atoms with Crippen LogP contribution in [0.4, 0.5) is 26.7 Å². The minimum Gasteiger partial charge on any atom is -0.448 e. The predicted octanol–water partition coefficient (Wildman–Crippen LogP) is 5.32. The number of fused-ring (bicyclic) bond motifs is 3. The summed E-state index contributed by atoms with van der Waals surface area (Å²) in [5, 5.41) is 0. The van der Waals surface area contributed by atoms with Crippen LogP contribution in [0.25, 0.3) is 11.1 Å². The van der Waals surface area contributed by atoms with E-state index < -0.39 is 64.6 Å². The number of halogens is 5. The first kappa shape index (κ1) is 28.9. The summed E-state index contributed by atoms with van der Waals surface area (Å²) >= 11 is 0.651. The molecule has 3 aromatic rings. The zero-order valence-electron chi connectivity index (χ0n) is 21.0. The second kappa shape index (κ2) is 11.9. The lowest BCUT2D eigenvalue weighted by Gasteiger charge is -2.26. The molecule has 0 radical (unpaired) electrons. The van der Waals surface area contributed by atoms with Gasteiger partial charge >= 0.3 is 12.1 Å². The van der Waals surface area contributed by atoms with Gasteiger partial charge in [-0.05, 0) is 34.2 Å².